The molecule has 10 heteroatoms. The minimum absolute atomic E-state index is 0.345. The van der Waals surface area contributed by atoms with Gasteiger partial charge in [-0.15, -0.1) is 6.58 Å². The molecule has 0 aliphatic carbocycles. The first-order valence-corrected chi connectivity index (χ1v) is 21.5. The van der Waals surface area contributed by atoms with Crippen LogP contribution in [0.1, 0.15) is 109 Å². The molecule has 52 heavy (non-hydrogen) atoms. The molecule has 1 N–H and O–H groups in total. The molecule has 1 aliphatic rings. The number of quaternary nitrogens is 1. The van der Waals surface area contributed by atoms with Gasteiger partial charge >= 0.3 is 0 Å². The van der Waals surface area contributed by atoms with Crippen LogP contribution in [0.4, 0.5) is 0 Å². The molecule has 1 saturated heterocycles. The highest BCUT2D eigenvalue weighted by molar-refractivity contribution is 5.03. The van der Waals surface area contributed by atoms with Crippen LogP contribution < -0.4 is 0 Å². The third-order valence-electron chi connectivity index (χ3n) is 12.8. The van der Waals surface area contributed by atoms with Crippen molar-refractivity contribution >= 4 is 0 Å². The Bertz CT molecular complexity index is 888. The zero-order valence-corrected chi connectivity index (χ0v) is 36.3. The lowest BCUT2D eigenvalue weighted by Gasteiger charge is -2.52. The van der Waals surface area contributed by atoms with Crippen molar-refractivity contribution in [2.75, 3.05) is 112 Å². The lowest BCUT2D eigenvalue weighted by Crippen LogP contribution is -2.65. The minimum Gasteiger partial charge on any atom is -0.389 e. The van der Waals surface area contributed by atoms with E-state index in [-0.39, 0.29) is 5.92 Å². The molecule has 1 rings (SSSR count). The maximum Gasteiger partial charge on any atom is 0.187 e. The molecular weight excluding hydrogens is 656 g/mol. The maximum absolute atomic E-state index is 12.4. The van der Waals surface area contributed by atoms with E-state index in [1.165, 1.54) is 0 Å². The Morgan fingerprint density at radius 1 is 0.654 bits per heavy atom. The van der Waals surface area contributed by atoms with Crippen LogP contribution in [0.5, 0.6) is 0 Å². The number of hydrogen-bond donors (Lipinski definition) is 1. The Morgan fingerprint density at radius 3 is 1.56 bits per heavy atom. The fraction of sp³-hybridized carbons (Fsp3) is 0.952. The van der Waals surface area contributed by atoms with Crippen molar-refractivity contribution in [3.63, 3.8) is 0 Å². The first kappa shape index (κ1) is 49.4. The summed E-state index contributed by atoms with van der Waals surface area (Å²) < 4.78 is 35.4. The predicted molar refractivity (Wildman–Crippen MR) is 217 cm³/mol. The summed E-state index contributed by atoms with van der Waals surface area (Å²) in [5.41, 5.74) is -1.62. The van der Waals surface area contributed by atoms with Crippen molar-refractivity contribution in [2.24, 2.45) is 5.92 Å². The Kier molecular flexibility index (Phi) is 24.9. The Morgan fingerprint density at radius 2 is 1.13 bits per heavy atom. The first-order valence-electron chi connectivity index (χ1n) is 21.5. The molecule has 1 heterocycles. The van der Waals surface area contributed by atoms with E-state index in [1.54, 1.807) is 0 Å². The molecule has 1 fully saturated rings. The van der Waals surface area contributed by atoms with Gasteiger partial charge in [0.15, 0.2) is 6.29 Å². The van der Waals surface area contributed by atoms with Crippen LogP contribution in [0.25, 0.3) is 0 Å². The molecular formula is C42H87N4O6+. The van der Waals surface area contributed by atoms with Gasteiger partial charge < -0.3 is 43.1 Å². The van der Waals surface area contributed by atoms with Gasteiger partial charge in [0, 0.05) is 25.6 Å². The standard InChI is InChI=1S/C42H87N4O6/c1-14-41(15-2,16-3)52-40-39(50-33-29-45(23-10)24-11)38(49-32-28-44(21-8)22-9)37(42(47,17-4)18-5)36(51-40)35-48-34-31-46(25-12,26-13)30-27-43(19-6)20-7/h14,36-40,47H,1,15-35H2,2-13H3/q+1. The predicted octanol–water partition coefficient (Wildman–Crippen LogP) is 6.31. The number of nitrogens with zero attached hydrogens (tertiary/aromatic N) is 4. The minimum atomic E-state index is -1.04. The SMILES string of the molecule is C=CC(CC)(CC)OC1OC(COCC[N+](CC)(CC)CCN(CC)CC)C(C(O)(CC)CC)C(OCCN(CC)CC)C1OCCN(CC)CC. The van der Waals surface area contributed by atoms with Crippen molar-refractivity contribution < 1.29 is 33.3 Å². The van der Waals surface area contributed by atoms with Gasteiger partial charge in [0.05, 0.1) is 69.5 Å². The van der Waals surface area contributed by atoms with Crippen LogP contribution in [-0.2, 0) is 23.7 Å². The first-order chi connectivity index (χ1) is 25.0. The van der Waals surface area contributed by atoms with E-state index < -0.39 is 35.8 Å². The molecule has 10 nitrogen and oxygen atoms in total. The average Bonchev–Trinajstić information content (AvgIpc) is 3.18. The number of aliphatic hydroxyl groups is 1. The van der Waals surface area contributed by atoms with Crippen molar-refractivity contribution in [1.29, 1.82) is 0 Å². The molecule has 1 aliphatic heterocycles. The van der Waals surface area contributed by atoms with Gasteiger partial charge in [0.1, 0.15) is 12.6 Å². The summed E-state index contributed by atoms with van der Waals surface area (Å²) in [6, 6.07) is 0. The highest BCUT2D eigenvalue weighted by atomic mass is 16.7. The topological polar surface area (TPSA) is 76.1 Å². The third kappa shape index (κ3) is 14.4. The van der Waals surface area contributed by atoms with Crippen LogP contribution in [0, 0.1) is 5.92 Å². The van der Waals surface area contributed by atoms with Gasteiger partial charge in [0.25, 0.3) is 0 Å². The molecule has 0 bridgehead atoms. The number of hydrogen-bond acceptors (Lipinski definition) is 9. The van der Waals surface area contributed by atoms with Crippen LogP contribution in [0.15, 0.2) is 12.7 Å². The van der Waals surface area contributed by atoms with Crippen molar-refractivity contribution in [3.8, 4) is 0 Å². The normalized spacial score (nSPS) is 21.9. The lowest BCUT2D eigenvalue weighted by atomic mass is 9.73. The third-order valence-corrected chi connectivity index (χ3v) is 12.8. The van der Waals surface area contributed by atoms with Crippen molar-refractivity contribution in [1.82, 2.24) is 14.7 Å². The number of likely N-dealkylation sites (N-methyl/N-ethyl adjacent to an activating group) is 4. The molecule has 5 atom stereocenters. The molecule has 0 radical (unpaired) electrons. The van der Waals surface area contributed by atoms with E-state index in [0.717, 1.165) is 102 Å². The molecule has 0 aromatic rings. The fourth-order valence-electron chi connectivity index (χ4n) is 7.91. The van der Waals surface area contributed by atoms with E-state index in [2.05, 4.69) is 104 Å². The summed E-state index contributed by atoms with van der Waals surface area (Å²) in [7, 11) is 0. The Hall–Kier alpha value is -0.660. The Labute approximate surface area is 322 Å². The van der Waals surface area contributed by atoms with Crippen LogP contribution in [0.3, 0.4) is 0 Å². The van der Waals surface area contributed by atoms with Gasteiger partial charge in [-0.1, -0.05) is 75.3 Å². The molecule has 0 aromatic carbocycles. The van der Waals surface area contributed by atoms with Crippen molar-refractivity contribution in [2.45, 2.75) is 145 Å². The summed E-state index contributed by atoms with van der Waals surface area (Å²) in [6.45, 7) is 45.2. The quantitative estimate of drug-likeness (QED) is 0.0485. The summed E-state index contributed by atoms with van der Waals surface area (Å²) >= 11 is 0. The van der Waals surface area contributed by atoms with Gasteiger partial charge in [-0.05, 0) is 78.8 Å². The summed E-state index contributed by atoms with van der Waals surface area (Å²) in [4.78, 5) is 7.23. The van der Waals surface area contributed by atoms with Gasteiger partial charge in [-0.2, -0.15) is 0 Å². The van der Waals surface area contributed by atoms with Gasteiger partial charge in [0.2, 0.25) is 0 Å². The van der Waals surface area contributed by atoms with E-state index in [9.17, 15) is 5.11 Å². The monoisotopic (exact) mass is 744 g/mol. The van der Waals surface area contributed by atoms with Gasteiger partial charge in [-0.25, -0.2) is 0 Å². The number of ether oxygens (including phenoxy) is 5. The average molecular weight is 744 g/mol. The number of rotatable bonds is 32. The molecule has 5 unspecified atom stereocenters. The Balaban J connectivity index is 3.60. The highest BCUT2D eigenvalue weighted by Gasteiger charge is 2.56. The highest BCUT2D eigenvalue weighted by Crippen LogP contribution is 2.42. The van der Waals surface area contributed by atoms with Crippen LogP contribution in [0.2, 0.25) is 0 Å². The van der Waals surface area contributed by atoms with E-state index in [4.69, 9.17) is 23.7 Å². The summed E-state index contributed by atoms with van der Waals surface area (Å²) in [6.07, 6.45) is 2.39. The van der Waals surface area contributed by atoms with Gasteiger partial charge in [-0.3, -0.25) is 4.90 Å². The second-order valence-corrected chi connectivity index (χ2v) is 14.7. The molecule has 0 saturated carbocycles. The molecule has 0 aromatic heterocycles. The fourth-order valence-corrected chi connectivity index (χ4v) is 7.91. The zero-order valence-electron chi connectivity index (χ0n) is 36.3. The van der Waals surface area contributed by atoms with Crippen LogP contribution >= 0.6 is 0 Å². The van der Waals surface area contributed by atoms with Crippen LogP contribution in [-0.4, -0.2) is 172 Å². The maximum atomic E-state index is 12.4. The van der Waals surface area contributed by atoms with E-state index in [0.29, 0.717) is 39.3 Å². The largest absolute Gasteiger partial charge is 0.389 e. The lowest BCUT2D eigenvalue weighted by molar-refractivity contribution is -0.924. The second kappa shape index (κ2) is 26.2. The van der Waals surface area contributed by atoms with Crippen molar-refractivity contribution in [3.05, 3.63) is 12.7 Å². The molecule has 0 spiro atoms. The summed E-state index contributed by atoms with van der Waals surface area (Å²) in [5, 5.41) is 12.4. The smallest absolute Gasteiger partial charge is 0.187 e. The second-order valence-electron chi connectivity index (χ2n) is 14.7. The van der Waals surface area contributed by atoms with E-state index >= 15 is 0 Å². The van der Waals surface area contributed by atoms with E-state index in [1.807, 2.05) is 6.08 Å². The zero-order chi connectivity index (χ0) is 39.2. The molecule has 0 amide bonds. The molecule has 310 valence electrons. The summed E-state index contributed by atoms with van der Waals surface area (Å²) in [5.74, 6) is -0.377.